The Balaban J connectivity index is 5.83. The first kappa shape index (κ1) is 40.5. The minimum atomic E-state index is -8.71. The molecule has 0 aromatic heterocycles. The van der Waals surface area contributed by atoms with Crippen molar-refractivity contribution in [2.24, 2.45) is 0 Å². The Bertz CT molecular complexity index is 1010. The Hall–Kier alpha value is -2.55. The molecule has 1 amide bonds. The molecule has 0 aromatic carbocycles. The van der Waals surface area contributed by atoms with Crippen LogP contribution in [0, 0.1) is 0 Å². The first-order valence-electron chi connectivity index (χ1n) is 11.4. The number of hydrogen-bond acceptors (Lipinski definition) is 3. The van der Waals surface area contributed by atoms with Crippen LogP contribution in [0.25, 0.3) is 0 Å². The van der Waals surface area contributed by atoms with Gasteiger partial charge in [-0.2, -0.15) is 74.6 Å². The van der Waals surface area contributed by atoms with Gasteiger partial charge in [-0.05, 0) is 13.0 Å². The van der Waals surface area contributed by atoms with Crippen LogP contribution in [0.15, 0.2) is 12.7 Å². The predicted octanol–water partition coefficient (Wildman–Crippen LogP) is 6.04. The SMILES string of the molecule is C=CC(=O)N(CC)CC[N+](C)(C)CC(=O)OCCC(F)(F)C(F)(F)C(F)(F)C(F)(F)C(F)(F)C(F)(F)C(F)(F)C(F)(F)F. The van der Waals surface area contributed by atoms with E-state index in [0.717, 1.165) is 6.08 Å². The van der Waals surface area contributed by atoms with E-state index in [1.165, 1.54) is 19.0 Å². The molecular formula is C21H24F17N2O3+. The van der Waals surface area contributed by atoms with Crippen LogP contribution in [0.5, 0.6) is 0 Å². The number of likely N-dealkylation sites (N-methyl/N-ethyl adjacent to an activating group) is 2. The number of quaternary nitrogens is 1. The molecule has 0 aromatic rings. The number of carbonyl (C=O) groups is 2. The summed E-state index contributed by atoms with van der Waals surface area (Å²) in [5, 5.41) is 0. The fourth-order valence-corrected chi connectivity index (χ4v) is 3.07. The largest absolute Gasteiger partial charge is 0.461 e. The van der Waals surface area contributed by atoms with Crippen molar-refractivity contribution >= 4 is 11.9 Å². The summed E-state index contributed by atoms with van der Waals surface area (Å²) in [4.78, 5) is 24.8. The molecule has 0 aliphatic carbocycles. The quantitative estimate of drug-likeness (QED) is 0.0869. The van der Waals surface area contributed by atoms with Crippen LogP contribution in [-0.2, 0) is 14.3 Å². The third-order valence-corrected chi connectivity index (χ3v) is 5.87. The highest BCUT2D eigenvalue weighted by molar-refractivity contribution is 5.86. The van der Waals surface area contributed by atoms with Crippen molar-refractivity contribution in [1.82, 2.24) is 4.90 Å². The third kappa shape index (κ3) is 7.40. The monoisotopic (exact) mass is 675 g/mol. The summed E-state index contributed by atoms with van der Waals surface area (Å²) in [5.74, 6) is -59.1. The van der Waals surface area contributed by atoms with Crippen LogP contribution in [0.4, 0.5) is 74.6 Å². The van der Waals surface area contributed by atoms with Crippen LogP contribution < -0.4 is 0 Å². The van der Waals surface area contributed by atoms with Crippen LogP contribution in [-0.4, -0.2) is 116 Å². The van der Waals surface area contributed by atoms with Crippen molar-refractivity contribution in [3.05, 3.63) is 12.7 Å². The van der Waals surface area contributed by atoms with Crippen molar-refractivity contribution in [2.75, 3.05) is 46.9 Å². The van der Waals surface area contributed by atoms with Gasteiger partial charge in [0.1, 0.15) is 0 Å². The molecule has 0 aliphatic rings. The number of nitrogens with zero attached hydrogens (tertiary/aromatic N) is 2. The average molecular weight is 675 g/mol. The minimum absolute atomic E-state index is 0.0200. The van der Waals surface area contributed by atoms with E-state index in [4.69, 9.17) is 0 Å². The van der Waals surface area contributed by atoms with Crippen LogP contribution in [0.2, 0.25) is 0 Å². The topological polar surface area (TPSA) is 46.6 Å². The molecule has 0 bridgehead atoms. The number of rotatable bonds is 16. The zero-order valence-corrected chi connectivity index (χ0v) is 22.1. The lowest BCUT2D eigenvalue weighted by Gasteiger charge is -2.42. The molecular weight excluding hydrogens is 651 g/mol. The lowest BCUT2D eigenvalue weighted by Crippen LogP contribution is -2.74. The Morgan fingerprint density at radius 3 is 1.49 bits per heavy atom. The number of ether oxygens (including phenoxy) is 1. The Morgan fingerprint density at radius 1 is 0.721 bits per heavy atom. The standard InChI is InChI=1S/C21H24F17N2O3/c1-5-12(41)39(6-2)8-9-40(3,4)11-13(42)43-10-7-14(22,23)15(24,25)16(26,27)17(28,29)18(30,31)19(32,33)20(34,35)21(36,37)38/h5H,1,6-11H2,2-4H3/q+1. The maximum absolute atomic E-state index is 13.9. The molecule has 43 heavy (non-hydrogen) atoms. The Kier molecular flexibility index (Phi) is 11.7. The normalized spacial score (nSPS) is 14.9. The first-order valence-corrected chi connectivity index (χ1v) is 11.4. The van der Waals surface area contributed by atoms with Crippen LogP contribution in [0.3, 0.4) is 0 Å². The molecule has 0 heterocycles. The molecule has 0 unspecified atom stereocenters. The van der Waals surface area contributed by atoms with Crippen molar-refractivity contribution in [3.8, 4) is 0 Å². The fraction of sp³-hybridized carbons (Fsp3) is 0.810. The summed E-state index contributed by atoms with van der Waals surface area (Å²) in [6, 6.07) is 0. The van der Waals surface area contributed by atoms with E-state index >= 15 is 0 Å². The van der Waals surface area contributed by atoms with E-state index in [1.807, 2.05) is 0 Å². The lowest BCUT2D eigenvalue weighted by atomic mass is 9.88. The third-order valence-electron chi connectivity index (χ3n) is 5.87. The molecule has 0 radical (unpaired) electrons. The fourth-order valence-electron chi connectivity index (χ4n) is 3.07. The highest BCUT2D eigenvalue weighted by atomic mass is 19.4. The van der Waals surface area contributed by atoms with Crippen molar-refractivity contribution < 1.29 is 93.4 Å². The maximum atomic E-state index is 13.9. The van der Waals surface area contributed by atoms with Crippen molar-refractivity contribution in [2.45, 2.75) is 61.0 Å². The number of hydrogen-bond donors (Lipinski definition) is 0. The Labute approximate surface area is 231 Å². The zero-order chi connectivity index (χ0) is 34.9. The van der Waals surface area contributed by atoms with Gasteiger partial charge < -0.3 is 14.1 Å². The van der Waals surface area contributed by atoms with E-state index < -0.39 is 79.1 Å². The summed E-state index contributed by atoms with van der Waals surface area (Å²) in [7, 11) is 2.61. The highest BCUT2D eigenvalue weighted by Gasteiger charge is 2.95. The van der Waals surface area contributed by atoms with E-state index in [2.05, 4.69) is 11.3 Å². The lowest BCUT2D eigenvalue weighted by molar-refractivity contribution is -0.882. The molecule has 0 atom stereocenters. The molecule has 254 valence electrons. The Morgan fingerprint density at radius 2 is 1.12 bits per heavy atom. The van der Waals surface area contributed by atoms with Gasteiger partial charge >= 0.3 is 53.6 Å². The van der Waals surface area contributed by atoms with Gasteiger partial charge in [0.2, 0.25) is 5.91 Å². The van der Waals surface area contributed by atoms with Gasteiger partial charge in [-0.15, -0.1) is 0 Å². The average Bonchev–Trinajstić information content (AvgIpc) is 2.82. The number of halogens is 17. The second-order valence-electron chi connectivity index (χ2n) is 9.56. The van der Waals surface area contributed by atoms with Gasteiger partial charge in [-0.25, -0.2) is 4.79 Å². The molecule has 0 fully saturated rings. The van der Waals surface area contributed by atoms with Crippen LogP contribution in [0.1, 0.15) is 13.3 Å². The molecule has 0 saturated heterocycles. The highest BCUT2D eigenvalue weighted by Crippen LogP contribution is 2.64. The molecule has 0 N–H and O–H groups in total. The number of carbonyl (C=O) groups excluding carboxylic acids is 2. The second-order valence-corrected chi connectivity index (χ2v) is 9.56. The van der Waals surface area contributed by atoms with E-state index in [-0.39, 0.29) is 24.1 Å². The molecule has 0 spiro atoms. The maximum Gasteiger partial charge on any atom is 0.460 e. The number of esters is 1. The van der Waals surface area contributed by atoms with Gasteiger partial charge in [0.25, 0.3) is 0 Å². The summed E-state index contributed by atoms with van der Waals surface area (Å²) in [5.41, 5.74) is 0. The van der Waals surface area contributed by atoms with Gasteiger partial charge in [0.05, 0.1) is 40.2 Å². The zero-order valence-electron chi connectivity index (χ0n) is 22.1. The van der Waals surface area contributed by atoms with Crippen molar-refractivity contribution in [1.29, 1.82) is 0 Å². The number of amides is 1. The van der Waals surface area contributed by atoms with Gasteiger partial charge in [0.15, 0.2) is 6.54 Å². The smallest absolute Gasteiger partial charge is 0.460 e. The predicted molar refractivity (Wildman–Crippen MR) is 111 cm³/mol. The molecule has 0 rings (SSSR count). The van der Waals surface area contributed by atoms with E-state index in [9.17, 15) is 84.2 Å². The van der Waals surface area contributed by atoms with Gasteiger partial charge in [0, 0.05) is 6.54 Å². The molecule has 22 heteroatoms. The summed E-state index contributed by atoms with van der Waals surface area (Å²) in [6.45, 7) is 2.14. The summed E-state index contributed by atoms with van der Waals surface area (Å²) in [6.07, 6.45) is -9.74. The summed E-state index contributed by atoms with van der Waals surface area (Å²) >= 11 is 0. The van der Waals surface area contributed by atoms with Gasteiger partial charge in [-0.3, -0.25) is 4.79 Å². The van der Waals surface area contributed by atoms with E-state index in [1.54, 1.807) is 6.92 Å². The second kappa shape index (κ2) is 12.4. The summed E-state index contributed by atoms with van der Waals surface area (Å²) < 4.78 is 230. The number of alkyl halides is 17. The van der Waals surface area contributed by atoms with E-state index in [0.29, 0.717) is 0 Å². The molecule has 0 saturated carbocycles. The first-order chi connectivity index (χ1) is 18.8. The van der Waals surface area contributed by atoms with Gasteiger partial charge in [-0.1, -0.05) is 6.58 Å². The van der Waals surface area contributed by atoms with Crippen molar-refractivity contribution in [3.63, 3.8) is 0 Å². The minimum Gasteiger partial charge on any atom is -0.461 e. The van der Waals surface area contributed by atoms with Crippen LogP contribution >= 0.6 is 0 Å². The molecule has 5 nitrogen and oxygen atoms in total. The molecule has 0 aliphatic heterocycles.